The van der Waals surface area contributed by atoms with Gasteiger partial charge in [-0.3, -0.25) is 4.90 Å². The molecule has 0 spiro atoms. The molecule has 1 aromatic carbocycles. The van der Waals surface area contributed by atoms with Crippen molar-refractivity contribution in [3.63, 3.8) is 0 Å². The molecule has 20 heavy (non-hydrogen) atoms. The lowest BCUT2D eigenvalue weighted by Gasteiger charge is -2.36. The Morgan fingerprint density at radius 1 is 1.35 bits per heavy atom. The number of hydrogen-bond acceptors (Lipinski definition) is 3. The van der Waals surface area contributed by atoms with Crippen LogP contribution in [-0.4, -0.2) is 37.7 Å². The number of nitrogens with one attached hydrogen (secondary N) is 1. The maximum absolute atomic E-state index is 5.61. The van der Waals surface area contributed by atoms with Gasteiger partial charge in [0.1, 0.15) is 0 Å². The third kappa shape index (κ3) is 3.05. The van der Waals surface area contributed by atoms with E-state index in [1.165, 1.54) is 36.1 Å². The fraction of sp³-hybridized carbons (Fsp3) is 0.647. The van der Waals surface area contributed by atoms with Crippen LogP contribution in [0, 0.1) is 5.92 Å². The number of nitrogens with zero attached hydrogens (tertiary/aromatic N) is 1. The van der Waals surface area contributed by atoms with Crippen molar-refractivity contribution in [2.45, 2.75) is 39.0 Å². The number of ether oxygens (including phenoxy) is 1. The van der Waals surface area contributed by atoms with Crippen molar-refractivity contribution in [3.8, 4) is 0 Å². The van der Waals surface area contributed by atoms with Crippen LogP contribution >= 0.6 is 0 Å². The first kappa shape index (κ1) is 14.1. The quantitative estimate of drug-likeness (QED) is 0.914. The molecule has 0 radical (unpaired) electrons. The third-order valence-electron chi connectivity index (χ3n) is 4.84. The van der Waals surface area contributed by atoms with Gasteiger partial charge >= 0.3 is 0 Å². The smallest absolute Gasteiger partial charge is 0.0724 e. The van der Waals surface area contributed by atoms with Crippen LogP contribution in [0.2, 0.25) is 0 Å². The molecule has 1 N–H and O–H groups in total. The van der Waals surface area contributed by atoms with E-state index in [9.17, 15) is 0 Å². The fourth-order valence-electron chi connectivity index (χ4n) is 3.44. The van der Waals surface area contributed by atoms with Crippen LogP contribution in [0.25, 0.3) is 0 Å². The highest BCUT2D eigenvalue weighted by atomic mass is 16.5. The van der Waals surface area contributed by atoms with Crippen molar-refractivity contribution in [1.82, 2.24) is 10.2 Å². The van der Waals surface area contributed by atoms with Crippen LogP contribution in [0.3, 0.4) is 0 Å². The molecule has 2 aliphatic heterocycles. The van der Waals surface area contributed by atoms with Crippen molar-refractivity contribution >= 4 is 0 Å². The van der Waals surface area contributed by atoms with Gasteiger partial charge in [0.15, 0.2) is 0 Å². The SMILES string of the molecule is COC1CN(Cc2ccc3c(c2)CNCC3)CCC1C. The van der Waals surface area contributed by atoms with Gasteiger partial charge in [-0.25, -0.2) is 0 Å². The second-order valence-corrected chi connectivity index (χ2v) is 6.31. The van der Waals surface area contributed by atoms with Crippen molar-refractivity contribution in [1.29, 1.82) is 0 Å². The van der Waals surface area contributed by atoms with E-state index in [0.29, 0.717) is 12.0 Å². The molecule has 3 rings (SSSR count). The molecule has 1 aromatic rings. The van der Waals surface area contributed by atoms with Gasteiger partial charge < -0.3 is 10.1 Å². The molecule has 1 saturated heterocycles. The molecular weight excluding hydrogens is 248 g/mol. The number of methoxy groups -OCH3 is 1. The van der Waals surface area contributed by atoms with E-state index >= 15 is 0 Å². The summed E-state index contributed by atoms with van der Waals surface area (Å²) in [6.45, 7) is 7.76. The summed E-state index contributed by atoms with van der Waals surface area (Å²) in [4.78, 5) is 2.53. The Hall–Kier alpha value is -0.900. The molecule has 0 aliphatic carbocycles. The lowest BCUT2D eigenvalue weighted by Crippen LogP contribution is -2.43. The minimum atomic E-state index is 0.392. The molecule has 0 aromatic heterocycles. The summed E-state index contributed by atoms with van der Waals surface area (Å²) in [7, 11) is 1.84. The molecule has 0 amide bonds. The fourth-order valence-corrected chi connectivity index (χ4v) is 3.44. The van der Waals surface area contributed by atoms with Crippen LogP contribution in [0.15, 0.2) is 18.2 Å². The molecule has 0 saturated carbocycles. The Balaban J connectivity index is 1.65. The van der Waals surface area contributed by atoms with Gasteiger partial charge in [0.05, 0.1) is 6.10 Å². The summed E-state index contributed by atoms with van der Waals surface area (Å²) >= 11 is 0. The van der Waals surface area contributed by atoms with Crippen LogP contribution in [0.4, 0.5) is 0 Å². The molecular formula is C17H26N2O. The van der Waals surface area contributed by atoms with E-state index in [-0.39, 0.29) is 0 Å². The van der Waals surface area contributed by atoms with Crippen LogP contribution in [0.5, 0.6) is 0 Å². The van der Waals surface area contributed by atoms with E-state index in [2.05, 4.69) is 35.3 Å². The van der Waals surface area contributed by atoms with Gasteiger partial charge in [0.2, 0.25) is 0 Å². The number of piperidine rings is 1. The Kier molecular flexibility index (Phi) is 4.39. The summed E-state index contributed by atoms with van der Waals surface area (Å²) in [6.07, 6.45) is 2.80. The highest BCUT2D eigenvalue weighted by Crippen LogP contribution is 2.22. The molecule has 2 heterocycles. The highest BCUT2D eigenvalue weighted by Gasteiger charge is 2.25. The zero-order chi connectivity index (χ0) is 13.9. The summed E-state index contributed by atoms with van der Waals surface area (Å²) in [5.74, 6) is 0.684. The molecule has 1 fully saturated rings. The predicted octanol–water partition coefficient (Wildman–Crippen LogP) is 2.19. The van der Waals surface area contributed by atoms with E-state index < -0.39 is 0 Å². The molecule has 2 unspecified atom stereocenters. The average molecular weight is 274 g/mol. The topological polar surface area (TPSA) is 24.5 Å². The lowest BCUT2D eigenvalue weighted by atomic mass is 9.94. The maximum Gasteiger partial charge on any atom is 0.0724 e. The summed E-state index contributed by atoms with van der Waals surface area (Å²) in [5.41, 5.74) is 4.45. The molecule has 0 bridgehead atoms. The van der Waals surface area contributed by atoms with E-state index in [0.717, 1.165) is 26.2 Å². The number of likely N-dealkylation sites (tertiary alicyclic amines) is 1. The van der Waals surface area contributed by atoms with E-state index in [1.54, 1.807) is 0 Å². The largest absolute Gasteiger partial charge is 0.380 e. The van der Waals surface area contributed by atoms with Crippen LogP contribution in [0.1, 0.15) is 30.0 Å². The highest BCUT2D eigenvalue weighted by molar-refractivity contribution is 5.33. The van der Waals surface area contributed by atoms with Gasteiger partial charge in [0, 0.05) is 26.7 Å². The first-order valence-corrected chi connectivity index (χ1v) is 7.83. The van der Waals surface area contributed by atoms with E-state index in [1.807, 2.05) is 7.11 Å². The summed E-state index contributed by atoms with van der Waals surface area (Å²) in [6, 6.07) is 7.03. The van der Waals surface area contributed by atoms with Gasteiger partial charge in [-0.1, -0.05) is 25.1 Å². The second kappa shape index (κ2) is 6.25. The maximum atomic E-state index is 5.61. The molecule has 3 nitrogen and oxygen atoms in total. The molecule has 2 atom stereocenters. The van der Waals surface area contributed by atoms with Crippen LogP contribution < -0.4 is 5.32 Å². The van der Waals surface area contributed by atoms with E-state index in [4.69, 9.17) is 4.74 Å². The zero-order valence-electron chi connectivity index (χ0n) is 12.7. The first-order valence-electron chi connectivity index (χ1n) is 7.83. The molecule has 3 heteroatoms. The monoisotopic (exact) mass is 274 g/mol. The average Bonchev–Trinajstić information content (AvgIpc) is 2.49. The Morgan fingerprint density at radius 2 is 2.25 bits per heavy atom. The van der Waals surface area contributed by atoms with Crippen LogP contribution in [-0.2, 0) is 24.2 Å². The minimum Gasteiger partial charge on any atom is -0.380 e. The van der Waals surface area contributed by atoms with Gasteiger partial charge in [0.25, 0.3) is 0 Å². The Morgan fingerprint density at radius 3 is 3.10 bits per heavy atom. The normalized spacial score (nSPS) is 27.3. The lowest BCUT2D eigenvalue weighted by molar-refractivity contribution is -0.00745. The van der Waals surface area contributed by atoms with Crippen molar-refractivity contribution in [2.24, 2.45) is 5.92 Å². The standard InChI is InChI=1S/C17H26N2O/c1-13-6-8-19(12-17(13)20-2)11-14-3-4-15-5-7-18-10-16(15)9-14/h3-4,9,13,17-18H,5-8,10-12H2,1-2H3. The van der Waals surface area contributed by atoms with Gasteiger partial charge in [-0.05, 0) is 48.5 Å². The number of fused-ring (bicyclic) bond motifs is 1. The van der Waals surface area contributed by atoms with Gasteiger partial charge in [-0.15, -0.1) is 0 Å². The number of hydrogen-bond donors (Lipinski definition) is 1. The van der Waals surface area contributed by atoms with Crippen molar-refractivity contribution in [2.75, 3.05) is 26.7 Å². The molecule has 110 valence electrons. The first-order chi connectivity index (χ1) is 9.76. The third-order valence-corrected chi connectivity index (χ3v) is 4.84. The van der Waals surface area contributed by atoms with Gasteiger partial charge in [-0.2, -0.15) is 0 Å². The number of benzene rings is 1. The number of rotatable bonds is 3. The second-order valence-electron chi connectivity index (χ2n) is 6.31. The Labute approximate surface area is 122 Å². The van der Waals surface area contributed by atoms with Crippen molar-refractivity contribution < 1.29 is 4.74 Å². The summed E-state index contributed by atoms with van der Waals surface area (Å²) in [5, 5.41) is 3.46. The Bertz CT molecular complexity index is 460. The van der Waals surface area contributed by atoms with Crippen molar-refractivity contribution in [3.05, 3.63) is 34.9 Å². The predicted molar refractivity (Wildman–Crippen MR) is 81.7 cm³/mol. The zero-order valence-corrected chi connectivity index (χ0v) is 12.7. The summed E-state index contributed by atoms with van der Waals surface area (Å²) < 4.78 is 5.61. The minimum absolute atomic E-state index is 0.392. The molecule has 2 aliphatic rings.